The Morgan fingerprint density at radius 3 is 2.03 bits per heavy atom. The van der Waals surface area contributed by atoms with Crippen LogP contribution in [0.3, 0.4) is 0 Å². The third-order valence-electron chi connectivity index (χ3n) is 5.34. The van der Waals surface area contributed by atoms with Gasteiger partial charge in [-0.15, -0.1) is 0 Å². The third-order valence-corrected chi connectivity index (χ3v) is 8.62. The van der Waals surface area contributed by atoms with Crippen molar-refractivity contribution in [3.63, 3.8) is 0 Å². The van der Waals surface area contributed by atoms with E-state index in [4.69, 9.17) is 9.47 Å². The Morgan fingerprint density at radius 2 is 1.55 bits per heavy atom. The van der Waals surface area contributed by atoms with Crippen LogP contribution in [0.15, 0.2) is 30.3 Å². The first-order valence-electron chi connectivity index (χ1n) is 9.61. The fourth-order valence-corrected chi connectivity index (χ4v) is 6.31. The van der Waals surface area contributed by atoms with Gasteiger partial charge in [-0.05, 0) is 50.5 Å². The summed E-state index contributed by atoms with van der Waals surface area (Å²) in [4.78, 5) is 27.2. The van der Waals surface area contributed by atoms with Crippen molar-refractivity contribution >= 4 is 18.2 Å². The molecule has 2 aromatic carbocycles. The number of benzene rings is 2. The van der Waals surface area contributed by atoms with Crippen molar-refractivity contribution in [1.29, 1.82) is 0 Å². The van der Waals surface area contributed by atoms with Crippen molar-refractivity contribution in [3.8, 4) is 11.5 Å². The van der Waals surface area contributed by atoms with Gasteiger partial charge in [-0.1, -0.05) is 31.5 Å². The van der Waals surface area contributed by atoms with Gasteiger partial charge in [-0.2, -0.15) is 0 Å². The molecule has 0 amide bonds. The molecule has 0 bridgehead atoms. The van der Waals surface area contributed by atoms with Crippen molar-refractivity contribution < 1.29 is 23.6 Å². The second-order valence-corrected chi connectivity index (χ2v) is 10.4. The zero-order valence-electron chi connectivity index (χ0n) is 18.2. The quantitative estimate of drug-likeness (QED) is 0.511. The molecule has 6 heteroatoms. The lowest BCUT2D eigenvalue weighted by atomic mass is 10.0. The minimum atomic E-state index is -3.97. The molecule has 2 rings (SSSR count). The van der Waals surface area contributed by atoms with Gasteiger partial charge in [-0.25, -0.2) is 0 Å². The standard InChI is InChI=1S/C23H29O5P/c1-8-17(5)29(26,23(25)21-15(3)11-14(2)12-16(21)4)22(24)19-10-9-18(27-6)13-20(19)28-7/h9-13,17H,8H2,1-7H3. The Hall–Kier alpha value is -2.39. The second kappa shape index (κ2) is 8.96. The molecule has 0 aliphatic carbocycles. The zero-order chi connectivity index (χ0) is 21.9. The predicted octanol–water partition coefficient (Wildman–Crippen LogP) is 5.77. The molecule has 156 valence electrons. The van der Waals surface area contributed by atoms with Crippen LogP contribution in [0.5, 0.6) is 11.5 Å². The molecule has 29 heavy (non-hydrogen) atoms. The second-order valence-electron chi connectivity index (χ2n) is 7.37. The highest BCUT2D eigenvalue weighted by atomic mass is 31.2. The van der Waals surface area contributed by atoms with Crippen molar-refractivity contribution in [2.45, 2.75) is 46.7 Å². The van der Waals surface area contributed by atoms with Crippen LogP contribution in [-0.4, -0.2) is 30.9 Å². The van der Waals surface area contributed by atoms with E-state index in [0.29, 0.717) is 17.7 Å². The molecule has 0 saturated heterocycles. The highest BCUT2D eigenvalue weighted by molar-refractivity contribution is 7.95. The van der Waals surface area contributed by atoms with Crippen molar-refractivity contribution in [1.82, 2.24) is 0 Å². The first-order valence-corrected chi connectivity index (χ1v) is 11.4. The van der Waals surface area contributed by atoms with Gasteiger partial charge < -0.3 is 14.0 Å². The van der Waals surface area contributed by atoms with Crippen LogP contribution in [0.1, 0.15) is 57.7 Å². The molecule has 2 aromatic rings. The molecule has 0 saturated carbocycles. The molecular weight excluding hydrogens is 387 g/mol. The number of methoxy groups -OCH3 is 2. The van der Waals surface area contributed by atoms with Crippen molar-refractivity contribution in [3.05, 3.63) is 58.1 Å². The minimum absolute atomic E-state index is 0.132. The summed E-state index contributed by atoms with van der Waals surface area (Å²) in [6.45, 7) is 9.10. The number of carbonyl (C=O) groups excluding carboxylic acids is 2. The van der Waals surface area contributed by atoms with E-state index in [1.165, 1.54) is 20.3 Å². The van der Waals surface area contributed by atoms with Crippen molar-refractivity contribution in [2.24, 2.45) is 0 Å². The molecular formula is C23H29O5P. The summed E-state index contributed by atoms with van der Waals surface area (Å²) in [5, 5.41) is 0. The lowest BCUT2D eigenvalue weighted by molar-refractivity contribution is 0.103. The van der Waals surface area contributed by atoms with E-state index in [2.05, 4.69) is 0 Å². The Bertz CT molecular complexity index is 970. The van der Waals surface area contributed by atoms with E-state index >= 15 is 0 Å². The van der Waals surface area contributed by atoms with Crippen LogP contribution in [0.25, 0.3) is 0 Å². The summed E-state index contributed by atoms with van der Waals surface area (Å²) >= 11 is 0. The van der Waals surface area contributed by atoms with Crippen LogP contribution in [-0.2, 0) is 4.57 Å². The largest absolute Gasteiger partial charge is 0.497 e. The van der Waals surface area contributed by atoms with Gasteiger partial charge in [0.25, 0.3) is 0 Å². The number of rotatable bonds is 8. The van der Waals surface area contributed by atoms with E-state index in [-0.39, 0.29) is 11.3 Å². The summed E-state index contributed by atoms with van der Waals surface area (Å²) in [5.74, 6) is 0.747. The molecule has 0 heterocycles. The summed E-state index contributed by atoms with van der Waals surface area (Å²) < 4.78 is 24.7. The molecule has 0 aliphatic heterocycles. The first-order chi connectivity index (χ1) is 13.6. The Kier molecular flexibility index (Phi) is 7.07. The van der Waals surface area contributed by atoms with E-state index < -0.39 is 23.8 Å². The Morgan fingerprint density at radius 1 is 0.966 bits per heavy atom. The monoisotopic (exact) mass is 416 g/mol. The van der Waals surface area contributed by atoms with Gasteiger partial charge in [0.1, 0.15) is 11.5 Å². The maximum Gasteiger partial charge on any atom is 0.232 e. The van der Waals surface area contributed by atoms with Crippen LogP contribution >= 0.6 is 7.14 Å². The number of hydrogen-bond acceptors (Lipinski definition) is 5. The number of ether oxygens (including phenoxy) is 2. The highest BCUT2D eigenvalue weighted by Gasteiger charge is 2.46. The smallest absolute Gasteiger partial charge is 0.232 e. The maximum absolute atomic E-state index is 14.2. The van der Waals surface area contributed by atoms with Gasteiger partial charge in [0.05, 0.1) is 19.8 Å². The van der Waals surface area contributed by atoms with Crippen LogP contribution in [0.4, 0.5) is 0 Å². The molecule has 0 aromatic heterocycles. The van der Waals surface area contributed by atoms with Crippen LogP contribution < -0.4 is 9.47 Å². The van der Waals surface area contributed by atoms with Crippen molar-refractivity contribution in [2.75, 3.05) is 14.2 Å². The summed E-state index contributed by atoms with van der Waals surface area (Å²) in [6.07, 6.45) is 0.442. The number of aryl methyl sites for hydroxylation is 3. The summed E-state index contributed by atoms with van der Waals surface area (Å²) in [6, 6.07) is 8.42. The average Bonchev–Trinajstić information content (AvgIpc) is 2.70. The molecule has 0 N–H and O–H groups in total. The Balaban J connectivity index is 2.70. The van der Waals surface area contributed by atoms with E-state index in [1.54, 1.807) is 19.1 Å². The minimum Gasteiger partial charge on any atom is -0.497 e. The Labute approximate surface area is 172 Å². The molecule has 0 radical (unpaired) electrons. The fourth-order valence-electron chi connectivity index (χ4n) is 3.59. The van der Waals surface area contributed by atoms with Gasteiger partial charge in [-0.3, -0.25) is 9.59 Å². The topological polar surface area (TPSA) is 69.7 Å². The molecule has 2 atom stereocenters. The van der Waals surface area contributed by atoms with E-state index in [0.717, 1.165) is 16.7 Å². The van der Waals surface area contributed by atoms with Gasteiger partial charge >= 0.3 is 0 Å². The molecule has 0 spiro atoms. The summed E-state index contributed by atoms with van der Waals surface area (Å²) in [5.41, 5.74) is 1.14. The number of hydrogen-bond donors (Lipinski definition) is 0. The highest BCUT2D eigenvalue weighted by Crippen LogP contribution is 2.58. The van der Waals surface area contributed by atoms with E-state index in [1.807, 2.05) is 39.8 Å². The normalized spacial score (nSPS) is 14.0. The van der Waals surface area contributed by atoms with Crippen LogP contribution in [0, 0.1) is 20.8 Å². The lowest BCUT2D eigenvalue weighted by Crippen LogP contribution is -2.21. The average molecular weight is 416 g/mol. The fraction of sp³-hybridized carbons (Fsp3) is 0.391. The molecule has 5 nitrogen and oxygen atoms in total. The van der Waals surface area contributed by atoms with E-state index in [9.17, 15) is 14.2 Å². The SMILES string of the molecule is CCC(C)P(=O)(C(=O)c1ccc(OC)cc1OC)C(=O)c1c(C)cc(C)cc1C. The van der Waals surface area contributed by atoms with Gasteiger partial charge in [0.15, 0.2) is 0 Å². The van der Waals surface area contributed by atoms with Crippen LogP contribution in [0.2, 0.25) is 0 Å². The molecule has 2 unspecified atom stereocenters. The number of carbonyl (C=O) groups is 2. The predicted molar refractivity (Wildman–Crippen MR) is 116 cm³/mol. The zero-order valence-corrected chi connectivity index (χ0v) is 19.1. The summed E-state index contributed by atoms with van der Waals surface area (Å²) in [7, 11) is -1.03. The molecule has 0 aliphatic rings. The van der Waals surface area contributed by atoms with Gasteiger partial charge in [0, 0.05) is 17.3 Å². The maximum atomic E-state index is 14.2. The molecule has 0 fully saturated rings. The lowest BCUT2D eigenvalue weighted by Gasteiger charge is -2.24. The first kappa shape index (κ1) is 22.9. The third kappa shape index (κ3) is 4.16. The van der Waals surface area contributed by atoms with Gasteiger partial charge in [0.2, 0.25) is 18.2 Å².